The minimum absolute atomic E-state index is 0.0985. The Morgan fingerprint density at radius 1 is 1.19 bits per heavy atom. The van der Waals surface area contributed by atoms with Gasteiger partial charge in [0, 0.05) is 12.0 Å². The molecule has 31 heavy (non-hydrogen) atoms. The number of nitrogens with zero attached hydrogens (tertiary/aromatic N) is 3. The molecule has 4 rings (SSSR count). The fraction of sp³-hybridized carbons (Fsp3) is 0.182. The molecular formula is C22H17ClFN3O3S. The number of fused-ring (bicyclic) bond motifs is 1. The van der Waals surface area contributed by atoms with Gasteiger partial charge in [0.15, 0.2) is 0 Å². The predicted octanol–water partition coefficient (Wildman–Crippen LogP) is 3.23. The molecule has 9 heteroatoms. The Kier molecular flexibility index (Phi) is 6.11. The third kappa shape index (κ3) is 4.50. The lowest BCUT2D eigenvalue weighted by Crippen LogP contribution is -2.28. The highest BCUT2D eigenvalue weighted by molar-refractivity contribution is 7.15. The van der Waals surface area contributed by atoms with Crippen LogP contribution in [-0.4, -0.2) is 21.2 Å². The first-order chi connectivity index (χ1) is 15.0. The lowest BCUT2D eigenvalue weighted by Gasteiger charge is -2.05. The van der Waals surface area contributed by atoms with Crippen LogP contribution in [0.3, 0.4) is 0 Å². The highest BCUT2D eigenvalue weighted by atomic mass is 35.5. The van der Waals surface area contributed by atoms with E-state index in [9.17, 15) is 14.0 Å². The molecule has 0 saturated heterocycles. The Morgan fingerprint density at radius 3 is 2.68 bits per heavy atom. The van der Waals surface area contributed by atoms with Crippen LogP contribution in [0.1, 0.15) is 30.2 Å². The molecular weight excluding hydrogens is 441 g/mol. The summed E-state index contributed by atoms with van der Waals surface area (Å²) in [7, 11) is 0. The fourth-order valence-electron chi connectivity index (χ4n) is 2.95. The van der Waals surface area contributed by atoms with Crippen LogP contribution in [0, 0.1) is 5.82 Å². The summed E-state index contributed by atoms with van der Waals surface area (Å²) >= 11 is 7.00. The van der Waals surface area contributed by atoms with Crippen molar-refractivity contribution in [2.75, 3.05) is 6.61 Å². The van der Waals surface area contributed by atoms with E-state index in [0.717, 1.165) is 33.6 Å². The van der Waals surface area contributed by atoms with Gasteiger partial charge in [-0.15, -0.1) is 0 Å². The second-order valence-corrected chi connectivity index (χ2v) is 8.19. The minimum atomic E-state index is -0.549. The zero-order valence-electron chi connectivity index (χ0n) is 16.5. The van der Waals surface area contributed by atoms with Gasteiger partial charge in [0.2, 0.25) is 4.96 Å². The van der Waals surface area contributed by atoms with Crippen LogP contribution in [0.25, 0.3) is 11.0 Å². The average Bonchev–Trinajstić information content (AvgIpc) is 3.05. The first-order valence-corrected chi connectivity index (χ1v) is 10.8. The number of hydrogen-bond donors (Lipinski definition) is 0. The Bertz CT molecular complexity index is 1400. The zero-order chi connectivity index (χ0) is 22.0. The monoisotopic (exact) mass is 457 g/mol. The minimum Gasteiger partial charge on any atom is -0.494 e. The fourth-order valence-corrected chi connectivity index (χ4v) is 4.05. The molecule has 0 aliphatic heterocycles. The van der Waals surface area contributed by atoms with Crippen molar-refractivity contribution in [1.29, 1.82) is 0 Å². The van der Waals surface area contributed by atoms with E-state index in [1.54, 1.807) is 0 Å². The van der Waals surface area contributed by atoms with Gasteiger partial charge in [0.1, 0.15) is 17.3 Å². The Morgan fingerprint density at radius 2 is 1.97 bits per heavy atom. The summed E-state index contributed by atoms with van der Waals surface area (Å²) < 4.78 is 20.9. The number of thiazole rings is 1. The topological polar surface area (TPSA) is 73.6 Å². The van der Waals surface area contributed by atoms with E-state index in [-0.39, 0.29) is 32.2 Å². The first kappa shape index (κ1) is 21.1. The molecule has 0 fully saturated rings. The largest absolute Gasteiger partial charge is 0.494 e. The van der Waals surface area contributed by atoms with Gasteiger partial charge in [0.05, 0.1) is 16.2 Å². The number of halogens is 2. The number of benzene rings is 2. The van der Waals surface area contributed by atoms with Crippen molar-refractivity contribution in [2.24, 2.45) is 0 Å². The van der Waals surface area contributed by atoms with Crippen molar-refractivity contribution in [2.45, 2.75) is 19.8 Å². The van der Waals surface area contributed by atoms with Gasteiger partial charge in [-0.1, -0.05) is 48.1 Å². The van der Waals surface area contributed by atoms with Gasteiger partial charge in [0.25, 0.3) is 11.1 Å². The molecule has 4 aromatic rings. The van der Waals surface area contributed by atoms with E-state index in [1.807, 2.05) is 31.2 Å². The van der Waals surface area contributed by atoms with Crippen LogP contribution < -0.4 is 20.4 Å². The molecule has 0 saturated carbocycles. The molecule has 0 atom stereocenters. The maximum atomic E-state index is 14.1. The maximum Gasteiger partial charge on any atom is 0.296 e. The van der Waals surface area contributed by atoms with Gasteiger partial charge in [-0.05, 0) is 42.3 Å². The molecule has 0 N–H and O–H groups in total. The standard InChI is InChI=1S/C22H17ClFN3O3S/c1-2-10-30-14-8-6-13(7-9-14)11-18-20(28)25-22-27(26-18)21(29)19(31-22)12-15-16(23)4-3-5-17(15)24/h3-9,12H,2,10-11H2,1H3. The van der Waals surface area contributed by atoms with Crippen molar-refractivity contribution in [3.63, 3.8) is 0 Å². The van der Waals surface area contributed by atoms with Crippen LogP contribution >= 0.6 is 22.9 Å². The van der Waals surface area contributed by atoms with E-state index in [1.165, 1.54) is 24.3 Å². The quantitative estimate of drug-likeness (QED) is 0.444. The summed E-state index contributed by atoms with van der Waals surface area (Å²) in [6.45, 7) is 2.66. The molecule has 0 spiro atoms. The van der Waals surface area contributed by atoms with E-state index < -0.39 is 16.9 Å². The van der Waals surface area contributed by atoms with Gasteiger partial charge in [-0.25, -0.2) is 4.39 Å². The van der Waals surface area contributed by atoms with Crippen molar-refractivity contribution in [1.82, 2.24) is 14.6 Å². The van der Waals surface area contributed by atoms with Crippen LogP contribution in [-0.2, 0) is 6.42 Å². The second kappa shape index (κ2) is 8.95. The number of aromatic nitrogens is 3. The third-order valence-electron chi connectivity index (χ3n) is 4.49. The van der Waals surface area contributed by atoms with Crippen LogP contribution in [0.4, 0.5) is 4.39 Å². The highest BCUT2D eigenvalue weighted by Crippen LogP contribution is 2.19. The van der Waals surface area contributed by atoms with E-state index in [2.05, 4.69) is 10.1 Å². The molecule has 0 aliphatic rings. The summed E-state index contributed by atoms with van der Waals surface area (Å²) in [6, 6.07) is 11.6. The van der Waals surface area contributed by atoms with Gasteiger partial charge in [-0.3, -0.25) is 9.59 Å². The van der Waals surface area contributed by atoms with Gasteiger partial charge < -0.3 is 4.74 Å². The molecule has 0 unspecified atom stereocenters. The summed E-state index contributed by atoms with van der Waals surface area (Å²) in [5, 5.41) is 4.39. The lowest BCUT2D eigenvalue weighted by molar-refractivity contribution is 0.317. The zero-order valence-corrected chi connectivity index (χ0v) is 18.0. The number of ether oxygens (including phenoxy) is 1. The number of hydrogen-bond acceptors (Lipinski definition) is 6. The Balaban J connectivity index is 1.71. The number of rotatable bonds is 6. The van der Waals surface area contributed by atoms with E-state index in [0.29, 0.717) is 6.61 Å². The molecule has 2 aromatic heterocycles. The summed E-state index contributed by atoms with van der Waals surface area (Å²) in [6.07, 6.45) is 2.48. The average molecular weight is 458 g/mol. The SMILES string of the molecule is CCCOc1ccc(Cc2nn3c(=O)c(=Cc4c(F)cccc4Cl)sc3nc2=O)cc1. The molecule has 0 bridgehead atoms. The van der Waals surface area contributed by atoms with Crippen molar-refractivity contribution in [3.8, 4) is 5.75 Å². The van der Waals surface area contributed by atoms with Crippen LogP contribution in [0.5, 0.6) is 5.75 Å². The molecule has 2 aromatic carbocycles. The van der Waals surface area contributed by atoms with E-state index in [4.69, 9.17) is 16.3 Å². The maximum absolute atomic E-state index is 14.1. The molecule has 0 radical (unpaired) electrons. The molecule has 0 aliphatic carbocycles. The summed E-state index contributed by atoms with van der Waals surface area (Å²) in [5.41, 5.74) is 0.0775. The van der Waals surface area contributed by atoms with Crippen molar-refractivity contribution >= 4 is 34.0 Å². The predicted molar refractivity (Wildman–Crippen MR) is 119 cm³/mol. The molecule has 158 valence electrons. The Hall–Kier alpha value is -3.10. The molecule has 0 amide bonds. The highest BCUT2D eigenvalue weighted by Gasteiger charge is 2.13. The lowest BCUT2D eigenvalue weighted by atomic mass is 10.1. The normalized spacial score (nSPS) is 11.9. The van der Waals surface area contributed by atoms with Crippen LogP contribution in [0.2, 0.25) is 5.02 Å². The van der Waals surface area contributed by atoms with E-state index >= 15 is 0 Å². The van der Waals surface area contributed by atoms with Gasteiger partial charge >= 0.3 is 0 Å². The smallest absolute Gasteiger partial charge is 0.296 e. The first-order valence-electron chi connectivity index (χ1n) is 9.56. The molecule has 6 nitrogen and oxygen atoms in total. The van der Waals surface area contributed by atoms with Crippen molar-refractivity contribution < 1.29 is 9.13 Å². The second-order valence-electron chi connectivity index (χ2n) is 6.78. The Labute approximate surface area is 185 Å². The summed E-state index contributed by atoms with van der Waals surface area (Å²) in [5.74, 6) is 0.197. The summed E-state index contributed by atoms with van der Waals surface area (Å²) in [4.78, 5) is 29.3. The van der Waals surface area contributed by atoms with Gasteiger partial charge in [-0.2, -0.15) is 14.6 Å². The third-order valence-corrected chi connectivity index (χ3v) is 5.78. The van der Waals surface area contributed by atoms with Crippen molar-refractivity contribution in [3.05, 3.63) is 95.4 Å². The van der Waals surface area contributed by atoms with Crippen LogP contribution in [0.15, 0.2) is 52.1 Å². The molecule has 2 heterocycles.